The number of hydrogen-bond donors (Lipinski definition) is 3. The lowest BCUT2D eigenvalue weighted by atomic mass is 9.89. The van der Waals surface area contributed by atoms with E-state index in [-0.39, 0.29) is 43.3 Å². The van der Waals surface area contributed by atoms with Gasteiger partial charge in [-0.3, -0.25) is 9.69 Å². The monoisotopic (exact) mass is 544 g/mol. The van der Waals surface area contributed by atoms with Gasteiger partial charge in [-0.15, -0.1) is 0 Å². The van der Waals surface area contributed by atoms with Crippen molar-refractivity contribution in [1.82, 2.24) is 10.2 Å². The second-order valence-corrected chi connectivity index (χ2v) is 11.0. The Morgan fingerprint density at radius 2 is 1.70 bits per heavy atom. The number of benzene rings is 3. The van der Waals surface area contributed by atoms with Crippen molar-refractivity contribution in [3.8, 4) is 11.1 Å². The van der Waals surface area contributed by atoms with Crippen molar-refractivity contribution in [1.29, 1.82) is 0 Å². The van der Waals surface area contributed by atoms with Gasteiger partial charge in [-0.05, 0) is 59.3 Å². The SMILES string of the molecule is CC(=O)NCc1cccc(-c2cccc(C3OC(CN4CCCC4CO)C(C)C(c4ccc(CO)cc4)O3)c2)c1. The molecule has 40 heavy (non-hydrogen) atoms. The van der Waals surface area contributed by atoms with Gasteiger partial charge >= 0.3 is 0 Å². The first-order valence-electron chi connectivity index (χ1n) is 14.2. The summed E-state index contributed by atoms with van der Waals surface area (Å²) in [4.78, 5) is 13.7. The van der Waals surface area contributed by atoms with Gasteiger partial charge in [0.1, 0.15) is 0 Å². The van der Waals surface area contributed by atoms with Crippen molar-refractivity contribution in [3.05, 3.63) is 95.1 Å². The maximum absolute atomic E-state index is 11.4. The second kappa shape index (κ2) is 13.1. The third kappa shape index (κ3) is 6.62. The maximum atomic E-state index is 11.4. The molecule has 2 saturated heterocycles. The molecule has 0 radical (unpaired) electrons. The van der Waals surface area contributed by atoms with Gasteiger partial charge in [0, 0.05) is 37.5 Å². The van der Waals surface area contributed by atoms with Gasteiger partial charge in [0.25, 0.3) is 0 Å². The molecule has 5 rings (SSSR count). The van der Waals surface area contributed by atoms with Crippen LogP contribution >= 0.6 is 0 Å². The van der Waals surface area contributed by atoms with E-state index in [0.29, 0.717) is 6.54 Å². The summed E-state index contributed by atoms with van der Waals surface area (Å²) < 4.78 is 13.4. The van der Waals surface area contributed by atoms with Gasteiger partial charge in [-0.1, -0.05) is 67.6 Å². The lowest BCUT2D eigenvalue weighted by Gasteiger charge is -2.43. The van der Waals surface area contributed by atoms with Crippen LogP contribution in [-0.2, 0) is 27.4 Å². The molecule has 3 aromatic carbocycles. The van der Waals surface area contributed by atoms with Crippen LogP contribution in [0.4, 0.5) is 0 Å². The van der Waals surface area contributed by atoms with E-state index in [9.17, 15) is 15.0 Å². The van der Waals surface area contributed by atoms with E-state index < -0.39 is 6.29 Å². The first kappa shape index (κ1) is 28.5. The predicted octanol–water partition coefficient (Wildman–Crippen LogP) is 4.73. The molecule has 7 nitrogen and oxygen atoms in total. The molecule has 5 unspecified atom stereocenters. The molecule has 0 spiro atoms. The van der Waals surface area contributed by atoms with E-state index in [4.69, 9.17) is 9.47 Å². The van der Waals surface area contributed by atoms with E-state index in [2.05, 4.69) is 41.4 Å². The van der Waals surface area contributed by atoms with Gasteiger partial charge in [0.05, 0.1) is 25.4 Å². The van der Waals surface area contributed by atoms with Crippen LogP contribution in [0.2, 0.25) is 0 Å². The smallest absolute Gasteiger partial charge is 0.217 e. The highest BCUT2D eigenvalue weighted by Gasteiger charge is 2.40. The number of ether oxygens (including phenoxy) is 2. The van der Waals surface area contributed by atoms with Crippen LogP contribution in [0.3, 0.4) is 0 Å². The van der Waals surface area contributed by atoms with Gasteiger partial charge in [-0.2, -0.15) is 0 Å². The number of hydrogen-bond acceptors (Lipinski definition) is 6. The quantitative estimate of drug-likeness (QED) is 0.361. The molecule has 3 aromatic rings. The minimum absolute atomic E-state index is 0.00599. The fraction of sp³-hybridized carbons (Fsp3) is 0.424. The first-order valence-corrected chi connectivity index (χ1v) is 14.2. The molecule has 212 valence electrons. The summed E-state index contributed by atoms with van der Waals surface area (Å²) in [5.41, 5.74) is 6.02. The van der Waals surface area contributed by atoms with Crippen LogP contribution in [0.1, 0.15) is 61.3 Å². The molecule has 0 aromatic heterocycles. The van der Waals surface area contributed by atoms with E-state index in [1.165, 1.54) is 6.92 Å². The van der Waals surface area contributed by atoms with E-state index in [1.54, 1.807) is 0 Å². The lowest BCUT2D eigenvalue weighted by molar-refractivity contribution is -0.276. The largest absolute Gasteiger partial charge is 0.395 e. The number of carbonyl (C=O) groups is 1. The van der Waals surface area contributed by atoms with Crippen LogP contribution in [0.25, 0.3) is 11.1 Å². The predicted molar refractivity (Wildman–Crippen MR) is 154 cm³/mol. The zero-order chi connectivity index (χ0) is 28.1. The van der Waals surface area contributed by atoms with Crippen molar-refractivity contribution in [2.24, 2.45) is 5.92 Å². The normalized spacial score (nSPS) is 25.1. The van der Waals surface area contributed by atoms with E-state index in [1.807, 2.05) is 48.5 Å². The number of likely N-dealkylation sites (tertiary alicyclic amines) is 1. The van der Waals surface area contributed by atoms with Crippen molar-refractivity contribution in [2.45, 2.75) is 64.4 Å². The summed E-state index contributed by atoms with van der Waals surface area (Å²) in [6, 6.07) is 24.6. The average molecular weight is 545 g/mol. The van der Waals surface area contributed by atoms with Crippen LogP contribution in [0.5, 0.6) is 0 Å². The molecular weight excluding hydrogens is 504 g/mol. The van der Waals surface area contributed by atoms with E-state index in [0.717, 1.165) is 59.3 Å². The molecule has 0 bridgehead atoms. The van der Waals surface area contributed by atoms with Crippen LogP contribution in [-0.4, -0.2) is 52.9 Å². The Labute approximate surface area is 236 Å². The number of rotatable bonds is 9. The highest BCUT2D eigenvalue weighted by atomic mass is 16.7. The number of nitrogens with one attached hydrogen (secondary N) is 1. The van der Waals surface area contributed by atoms with Crippen molar-refractivity contribution >= 4 is 5.91 Å². The third-order valence-electron chi connectivity index (χ3n) is 8.21. The Bertz CT molecular complexity index is 1280. The Morgan fingerprint density at radius 1 is 0.950 bits per heavy atom. The summed E-state index contributed by atoms with van der Waals surface area (Å²) >= 11 is 0. The number of aliphatic hydroxyl groups excluding tert-OH is 2. The minimum Gasteiger partial charge on any atom is -0.395 e. The van der Waals surface area contributed by atoms with Crippen molar-refractivity contribution < 1.29 is 24.5 Å². The topological polar surface area (TPSA) is 91.3 Å². The molecule has 0 aliphatic carbocycles. The molecule has 2 heterocycles. The number of carbonyl (C=O) groups excluding carboxylic acids is 1. The Kier molecular flexibility index (Phi) is 9.29. The molecule has 5 atom stereocenters. The zero-order valence-corrected chi connectivity index (χ0v) is 23.3. The standard InChI is InChI=1S/C33H40N2O5/c1-22-31(19-35-15-5-10-30(35)21-37)39-33(40-32(22)26-13-11-24(20-36)12-14-26)29-9-4-8-28(17-29)27-7-3-6-25(16-27)18-34-23(2)38/h3-4,6-9,11-14,16-17,22,30-33,36-37H,5,10,15,18-21H2,1-2H3,(H,34,38). The molecule has 2 aliphatic heterocycles. The second-order valence-electron chi connectivity index (χ2n) is 11.0. The summed E-state index contributed by atoms with van der Waals surface area (Å²) in [7, 11) is 0. The van der Waals surface area contributed by atoms with Gasteiger partial charge in [0.15, 0.2) is 6.29 Å². The fourth-order valence-corrected chi connectivity index (χ4v) is 5.85. The summed E-state index contributed by atoms with van der Waals surface area (Å²) in [6.07, 6.45) is 1.27. The van der Waals surface area contributed by atoms with Crippen molar-refractivity contribution in [2.75, 3.05) is 19.7 Å². The molecule has 1 amide bonds. The van der Waals surface area contributed by atoms with E-state index >= 15 is 0 Å². The summed E-state index contributed by atoms with van der Waals surface area (Å²) in [6.45, 7) is 6.05. The van der Waals surface area contributed by atoms with Crippen LogP contribution in [0.15, 0.2) is 72.8 Å². The van der Waals surface area contributed by atoms with Gasteiger partial charge < -0.3 is 25.0 Å². The zero-order valence-electron chi connectivity index (χ0n) is 23.3. The van der Waals surface area contributed by atoms with Gasteiger partial charge in [0.2, 0.25) is 5.91 Å². The highest BCUT2D eigenvalue weighted by Crippen LogP contribution is 2.42. The van der Waals surface area contributed by atoms with Crippen LogP contribution < -0.4 is 5.32 Å². The Hall–Kier alpha value is -3.07. The molecule has 3 N–H and O–H groups in total. The summed E-state index contributed by atoms with van der Waals surface area (Å²) in [5.74, 6) is 0.0346. The number of nitrogens with zero attached hydrogens (tertiary/aromatic N) is 1. The molecule has 2 fully saturated rings. The summed E-state index contributed by atoms with van der Waals surface area (Å²) in [5, 5.41) is 22.3. The minimum atomic E-state index is -0.554. The fourth-order valence-electron chi connectivity index (χ4n) is 5.85. The third-order valence-corrected chi connectivity index (χ3v) is 8.21. The Morgan fingerprint density at radius 3 is 2.42 bits per heavy atom. The van der Waals surface area contributed by atoms with Gasteiger partial charge in [-0.25, -0.2) is 0 Å². The lowest BCUT2D eigenvalue weighted by Crippen LogP contribution is -2.46. The average Bonchev–Trinajstić information content (AvgIpc) is 3.44. The van der Waals surface area contributed by atoms with Crippen LogP contribution in [0, 0.1) is 5.92 Å². The molecule has 7 heteroatoms. The maximum Gasteiger partial charge on any atom is 0.217 e. The molecular formula is C33H40N2O5. The Balaban J connectivity index is 1.42. The molecule has 2 aliphatic rings. The number of aliphatic hydroxyl groups is 2. The number of amides is 1. The first-order chi connectivity index (χ1) is 19.4. The highest BCUT2D eigenvalue weighted by molar-refractivity contribution is 5.73. The molecule has 0 saturated carbocycles. The van der Waals surface area contributed by atoms with Crippen molar-refractivity contribution in [3.63, 3.8) is 0 Å².